The van der Waals surface area contributed by atoms with Gasteiger partial charge in [-0.25, -0.2) is 9.78 Å². The van der Waals surface area contributed by atoms with Gasteiger partial charge in [-0.2, -0.15) is 4.98 Å². The monoisotopic (exact) mass is 358 g/mol. The zero-order chi connectivity index (χ0) is 16.6. The fourth-order valence-corrected chi connectivity index (χ4v) is 3.75. The molecule has 0 radical (unpaired) electrons. The summed E-state index contributed by atoms with van der Waals surface area (Å²) in [5, 5.41) is 4.55. The molecule has 0 N–H and O–H groups in total. The van der Waals surface area contributed by atoms with Crippen LogP contribution in [0.3, 0.4) is 0 Å². The van der Waals surface area contributed by atoms with Gasteiger partial charge in [-0.3, -0.25) is 0 Å². The van der Waals surface area contributed by atoms with Crippen molar-refractivity contribution >= 4 is 34.0 Å². The van der Waals surface area contributed by atoms with Crippen molar-refractivity contribution < 1.29 is 18.8 Å². The van der Waals surface area contributed by atoms with E-state index in [0.29, 0.717) is 29.8 Å². The standard InChI is InChI=1S/C13H15ClN4O4S/c1-6-15-11(22-17-6)8-4-7(20-2)5-18(8)13-16-10(14)9(23-13)12(19)21-3/h7-8H,4-5H2,1-3H3. The average molecular weight is 359 g/mol. The molecule has 3 heterocycles. The van der Waals surface area contributed by atoms with Crippen molar-refractivity contribution in [3.8, 4) is 0 Å². The number of hydrogen-bond donors (Lipinski definition) is 0. The average Bonchev–Trinajstić information content (AvgIpc) is 3.23. The molecule has 10 heteroatoms. The molecule has 124 valence electrons. The molecule has 0 bridgehead atoms. The minimum absolute atomic E-state index is 0.00328. The van der Waals surface area contributed by atoms with E-state index in [-0.39, 0.29) is 22.2 Å². The molecule has 0 spiro atoms. The Hall–Kier alpha value is -1.71. The summed E-state index contributed by atoms with van der Waals surface area (Å²) in [6, 6.07) is -0.172. The molecule has 23 heavy (non-hydrogen) atoms. The van der Waals surface area contributed by atoms with E-state index in [1.165, 1.54) is 18.4 Å². The summed E-state index contributed by atoms with van der Waals surface area (Å²) in [5.41, 5.74) is 0. The maximum Gasteiger partial charge on any atom is 0.351 e. The Morgan fingerprint density at radius 1 is 1.43 bits per heavy atom. The molecule has 0 saturated carbocycles. The van der Waals surface area contributed by atoms with Crippen LogP contribution in [0.1, 0.15) is 33.8 Å². The van der Waals surface area contributed by atoms with E-state index >= 15 is 0 Å². The summed E-state index contributed by atoms with van der Waals surface area (Å²) >= 11 is 7.22. The molecule has 2 unspecified atom stereocenters. The molecule has 0 aromatic carbocycles. The second-order valence-corrected chi connectivity index (χ2v) is 6.38. The van der Waals surface area contributed by atoms with E-state index in [9.17, 15) is 4.79 Å². The second kappa shape index (κ2) is 6.42. The zero-order valence-electron chi connectivity index (χ0n) is 12.8. The zero-order valence-corrected chi connectivity index (χ0v) is 14.3. The van der Waals surface area contributed by atoms with Crippen molar-refractivity contribution in [2.45, 2.75) is 25.5 Å². The van der Waals surface area contributed by atoms with Crippen LogP contribution in [0.25, 0.3) is 0 Å². The number of methoxy groups -OCH3 is 2. The minimum Gasteiger partial charge on any atom is -0.465 e. The molecule has 0 amide bonds. The number of carbonyl (C=O) groups excluding carboxylic acids is 1. The number of halogens is 1. The topological polar surface area (TPSA) is 90.6 Å². The minimum atomic E-state index is -0.508. The number of thiazole rings is 1. The molecule has 2 atom stereocenters. The van der Waals surface area contributed by atoms with E-state index in [2.05, 4.69) is 15.1 Å². The van der Waals surface area contributed by atoms with Crippen LogP contribution >= 0.6 is 22.9 Å². The number of aryl methyl sites for hydroxylation is 1. The van der Waals surface area contributed by atoms with Gasteiger partial charge in [0, 0.05) is 20.1 Å². The lowest BCUT2D eigenvalue weighted by atomic mass is 10.2. The molecule has 3 rings (SSSR count). The van der Waals surface area contributed by atoms with Gasteiger partial charge in [-0.1, -0.05) is 28.1 Å². The number of aromatic nitrogens is 3. The van der Waals surface area contributed by atoms with Gasteiger partial charge in [0.25, 0.3) is 0 Å². The quantitative estimate of drug-likeness (QED) is 0.768. The number of hydrogen-bond acceptors (Lipinski definition) is 9. The van der Waals surface area contributed by atoms with Gasteiger partial charge in [0.15, 0.2) is 21.0 Å². The fourth-order valence-electron chi connectivity index (χ4n) is 2.49. The van der Waals surface area contributed by atoms with E-state index in [1.807, 2.05) is 4.90 Å². The van der Waals surface area contributed by atoms with Crippen LogP contribution in [-0.2, 0) is 9.47 Å². The third-order valence-electron chi connectivity index (χ3n) is 3.62. The normalized spacial score (nSPS) is 21.0. The van der Waals surface area contributed by atoms with Gasteiger partial charge < -0.3 is 18.9 Å². The predicted molar refractivity (Wildman–Crippen MR) is 83.0 cm³/mol. The van der Waals surface area contributed by atoms with Crippen molar-refractivity contribution in [3.63, 3.8) is 0 Å². The molecule has 2 aromatic heterocycles. The van der Waals surface area contributed by atoms with Crippen molar-refractivity contribution in [2.24, 2.45) is 0 Å². The first-order valence-electron chi connectivity index (χ1n) is 6.87. The van der Waals surface area contributed by atoms with Gasteiger partial charge >= 0.3 is 5.97 Å². The predicted octanol–water partition coefficient (Wildman–Crippen LogP) is 2.24. The maximum absolute atomic E-state index is 11.7. The molecule has 0 aliphatic carbocycles. The van der Waals surface area contributed by atoms with Crippen LogP contribution in [-0.4, -0.2) is 48.0 Å². The molecule has 2 aromatic rings. The number of esters is 1. The van der Waals surface area contributed by atoms with Gasteiger partial charge in [0.05, 0.1) is 13.2 Å². The summed E-state index contributed by atoms with van der Waals surface area (Å²) in [5.74, 6) is 0.549. The van der Waals surface area contributed by atoms with Crippen LogP contribution in [0, 0.1) is 6.92 Å². The Labute approximate surface area is 141 Å². The lowest BCUT2D eigenvalue weighted by Gasteiger charge is -2.20. The highest BCUT2D eigenvalue weighted by Crippen LogP contribution is 2.40. The Kier molecular flexibility index (Phi) is 4.51. The lowest BCUT2D eigenvalue weighted by Crippen LogP contribution is -2.24. The smallest absolute Gasteiger partial charge is 0.351 e. The summed E-state index contributed by atoms with van der Waals surface area (Å²) in [7, 11) is 2.96. The first-order chi connectivity index (χ1) is 11.0. The Morgan fingerprint density at radius 3 is 2.83 bits per heavy atom. The van der Waals surface area contributed by atoms with Crippen molar-refractivity contribution in [1.82, 2.24) is 15.1 Å². The van der Waals surface area contributed by atoms with Gasteiger partial charge in [0.1, 0.15) is 6.04 Å². The van der Waals surface area contributed by atoms with E-state index in [0.717, 1.165) is 0 Å². The van der Waals surface area contributed by atoms with E-state index in [4.69, 9.17) is 25.6 Å². The maximum atomic E-state index is 11.7. The third kappa shape index (κ3) is 3.04. The number of carbonyl (C=O) groups is 1. The van der Waals surface area contributed by atoms with Crippen LogP contribution in [0.4, 0.5) is 5.13 Å². The molecule has 1 aliphatic heterocycles. The van der Waals surface area contributed by atoms with Crippen molar-refractivity contribution in [1.29, 1.82) is 0 Å². The van der Waals surface area contributed by atoms with E-state index in [1.54, 1.807) is 14.0 Å². The first-order valence-corrected chi connectivity index (χ1v) is 8.07. The van der Waals surface area contributed by atoms with Crippen molar-refractivity contribution in [2.75, 3.05) is 25.7 Å². The highest BCUT2D eigenvalue weighted by molar-refractivity contribution is 7.18. The molecule has 1 fully saturated rings. The highest BCUT2D eigenvalue weighted by atomic mass is 35.5. The SMILES string of the molecule is COC(=O)c1sc(N2CC(OC)CC2c2nc(C)no2)nc1Cl. The van der Waals surface area contributed by atoms with Gasteiger partial charge in [-0.15, -0.1) is 0 Å². The van der Waals surface area contributed by atoms with Gasteiger partial charge in [-0.05, 0) is 6.92 Å². The third-order valence-corrected chi connectivity index (χ3v) is 5.07. The summed E-state index contributed by atoms with van der Waals surface area (Å²) in [6.45, 7) is 2.35. The molecular formula is C13H15ClN4O4S. The van der Waals surface area contributed by atoms with Crippen LogP contribution in [0.15, 0.2) is 4.52 Å². The Morgan fingerprint density at radius 2 is 2.22 bits per heavy atom. The number of anilines is 1. The Balaban J connectivity index is 1.94. The molecular weight excluding hydrogens is 344 g/mol. The molecule has 1 aliphatic rings. The number of ether oxygens (including phenoxy) is 2. The van der Waals surface area contributed by atoms with E-state index < -0.39 is 5.97 Å². The van der Waals surface area contributed by atoms with Crippen LogP contribution in [0.5, 0.6) is 0 Å². The first kappa shape index (κ1) is 16.2. The molecule has 8 nitrogen and oxygen atoms in total. The van der Waals surface area contributed by atoms with Crippen LogP contribution in [0.2, 0.25) is 5.15 Å². The summed E-state index contributed by atoms with van der Waals surface area (Å²) in [6.07, 6.45) is 0.680. The van der Waals surface area contributed by atoms with Gasteiger partial charge in [0.2, 0.25) is 5.89 Å². The fraction of sp³-hybridized carbons (Fsp3) is 0.538. The second-order valence-electron chi connectivity index (χ2n) is 5.05. The lowest BCUT2D eigenvalue weighted by molar-refractivity contribution is 0.0606. The largest absolute Gasteiger partial charge is 0.465 e. The van der Waals surface area contributed by atoms with Crippen LogP contribution < -0.4 is 4.90 Å². The summed E-state index contributed by atoms with van der Waals surface area (Å²) < 4.78 is 15.5. The van der Waals surface area contributed by atoms with Crippen molar-refractivity contribution in [3.05, 3.63) is 21.7 Å². The molecule has 1 saturated heterocycles. The Bertz CT molecular complexity index is 719. The number of nitrogens with zero attached hydrogens (tertiary/aromatic N) is 4. The number of rotatable bonds is 4. The highest BCUT2D eigenvalue weighted by Gasteiger charge is 2.39. The summed E-state index contributed by atoms with van der Waals surface area (Å²) in [4.78, 5) is 22.5.